The highest BCUT2D eigenvalue weighted by Gasteiger charge is 2.26. The van der Waals surface area contributed by atoms with Gasteiger partial charge in [0, 0.05) is 29.6 Å². The molecule has 0 saturated heterocycles. The fraction of sp³-hybridized carbons (Fsp3) is 0.321. The average molecular weight is 488 g/mol. The second-order valence-corrected chi connectivity index (χ2v) is 9.71. The van der Waals surface area contributed by atoms with E-state index >= 15 is 0 Å². The summed E-state index contributed by atoms with van der Waals surface area (Å²) in [6.07, 6.45) is 3.36. The lowest BCUT2D eigenvalue weighted by Crippen LogP contribution is -2.25. The summed E-state index contributed by atoms with van der Waals surface area (Å²) in [5.74, 6) is 1.47. The molecule has 0 saturated carbocycles. The van der Waals surface area contributed by atoms with Crippen LogP contribution in [0.25, 0.3) is 0 Å². The van der Waals surface area contributed by atoms with Gasteiger partial charge in [0.2, 0.25) is 5.91 Å². The average Bonchev–Trinajstić information content (AvgIpc) is 2.90. The van der Waals surface area contributed by atoms with Crippen molar-refractivity contribution < 1.29 is 14.3 Å². The minimum atomic E-state index is -0.398. The number of ether oxygens (including phenoxy) is 2. The number of aromatic nitrogens is 1. The third-order valence-electron chi connectivity index (χ3n) is 6.28. The summed E-state index contributed by atoms with van der Waals surface area (Å²) >= 11 is 1.35. The normalized spacial score (nSPS) is 15.4. The molecule has 1 heterocycles. The van der Waals surface area contributed by atoms with Crippen LogP contribution in [0.1, 0.15) is 48.1 Å². The first kappa shape index (κ1) is 24.6. The Labute approximate surface area is 210 Å². The monoisotopic (exact) mass is 487 g/mol. The number of methoxy groups -OCH3 is 2. The summed E-state index contributed by atoms with van der Waals surface area (Å²) < 4.78 is 10.6. The number of fused-ring (bicyclic) bond motifs is 1. The van der Waals surface area contributed by atoms with Crippen molar-refractivity contribution in [2.24, 2.45) is 0 Å². The van der Waals surface area contributed by atoms with Crippen LogP contribution in [0, 0.1) is 11.3 Å². The van der Waals surface area contributed by atoms with Crippen molar-refractivity contribution in [3.8, 4) is 17.6 Å². The lowest BCUT2D eigenvalue weighted by Gasteiger charge is -2.25. The highest BCUT2D eigenvalue weighted by molar-refractivity contribution is 8.00. The molecule has 1 N–H and O–H groups in total. The number of nitrogens with one attached hydrogen (secondary N) is 1. The molecule has 2 aromatic carbocycles. The van der Waals surface area contributed by atoms with E-state index in [1.54, 1.807) is 32.4 Å². The molecule has 7 heteroatoms. The maximum absolute atomic E-state index is 13.1. The fourth-order valence-corrected chi connectivity index (χ4v) is 5.38. The van der Waals surface area contributed by atoms with E-state index in [1.165, 1.54) is 17.3 Å². The Morgan fingerprint density at radius 2 is 1.89 bits per heavy atom. The molecule has 2 atom stereocenters. The number of thioether (sulfide) groups is 1. The summed E-state index contributed by atoms with van der Waals surface area (Å²) in [6, 6.07) is 20.0. The summed E-state index contributed by atoms with van der Waals surface area (Å²) in [7, 11) is 3.14. The number of benzene rings is 2. The Morgan fingerprint density at radius 3 is 2.51 bits per heavy atom. The Balaban J connectivity index is 1.52. The van der Waals surface area contributed by atoms with Crippen LogP contribution in [0.15, 0.2) is 59.6 Å². The molecule has 6 nitrogen and oxygen atoms in total. The molecule has 0 aliphatic heterocycles. The largest absolute Gasteiger partial charge is 0.497 e. The minimum Gasteiger partial charge on any atom is -0.497 e. The van der Waals surface area contributed by atoms with Crippen LogP contribution in [0.4, 0.5) is 5.69 Å². The van der Waals surface area contributed by atoms with Crippen molar-refractivity contribution in [3.63, 3.8) is 0 Å². The number of carbonyl (C=O) groups excluding carboxylic acids is 1. The van der Waals surface area contributed by atoms with E-state index < -0.39 is 5.25 Å². The number of amides is 1. The number of aryl methyl sites for hydroxylation is 1. The summed E-state index contributed by atoms with van der Waals surface area (Å²) in [5, 5.41) is 13.0. The number of anilines is 1. The van der Waals surface area contributed by atoms with Crippen LogP contribution in [-0.2, 0) is 17.6 Å². The quantitative estimate of drug-likeness (QED) is 0.407. The molecule has 0 fully saturated rings. The predicted octanol–water partition coefficient (Wildman–Crippen LogP) is 5.75. The second-order valence-electron chi connectivity index (χ2n) is 8.51. The zero-order valence-corrected chi connectivity index (χ0v) is 21.0. The molecule has 1 amide bonds. The van der Waals surface area contributed by atoms with Gasteiger partial charge < -0.3 is 14.8 Å². The molecule has 0 bridgehead atoms. The van der Waals surface area contributed by atoms with Gasteiger partial charge in [0.1, 0.15) is 22.6 Å². The number of carbonyl (C=O) groups is 1. The summed E-state index contributed by atoms with van der Waals surface area (Å²) in [6.45, 7) is 1.96. The molecule has 3 aromatic rings. The topological polar surface area (TPSA) is 84.2 Å². The van der Waals surface area contributed by atoms with Gasteiger partial charge in [-0.2, -0.15) is 5.26 Å². The Morgan fingerprint density at radius 1 is 1.17 bits per heavy atom. The molecule has 35 heavy (non-hydrogen) atoms. The molecule has 0 radical (unpaired) electrons. The number of nitriles is 1. The van der Waals surface area contributed by atoms with E-state index in [0.29, 0.717) is 40.1 Å². The molecule has 4 rings (SSSR count). The first-order valence-electron chi connectivity index (χ1n) is 11.7. The van der Waals surface area contributed by atoms with E-state index in [2.05, 4.69) is 35.7 Å². The molecule has 180 valence electrons. The lowest BCUT2D eigenvalue weighted by molar-refractivity contribution is -0.115. The molecular weight excluding hydrogens is 458 g/mol. The lowest BCUT2D eigenvalue weighted by atomic mass is 9.82. The zero-order valence-electron chi connectivity index (χ0n) is 20.2. The minimum absolute atomic E-state index is 0.152. The van der Waals surface area contributed by atoms with Crippen molar-refractivity contribution in [1.82, 2.24) is 4.98 Å². The van der Waals surface area contributed by atoms with E-state index in [4.69, 9.17) is 14.5 Å². The predicted molar refractivity (Wildman–Crippen MR) is 138 cm³/mol. The van der Waals surface area contributed by atoms with Gasteiger partial charge in [-0.1, -0.05) is 49.0 Å². The molecule has 1 aliphatic carbocycles. The second kappa shape index (κ2) is 11.3. The molecule has 0 spiro atoms. The first-order valence-corrected chi connectivity index (χ1v) is 12.6. The molecule has 1 aliphatic rings. The zero-order chi connectivity index (χ0) is 24.8. The van der Waals surface area contributed by atoms with E-state index in [9.17, 15) is 10.1 Å². The van der Waals surface area contributed by atoms with E-state index in [1.807, 2.05) is 19.1 Å². The van der Waals surface area contributed by atoms with Crippen LogP contribution in [0.2, 0.25) is 0 Å². The standard InChI is InChI=1S/C28H29N3O3S/c1-4-26(27(32)30-22-14-23(33-2)16-24(15-22)34-3)35-28-21(17-29)13-20-12-19(10-11-25(20)31-28)18-8-6-5-7-9-18/h5-9,13-16,19,26H,4,10-12H2,1-3H3,(H,30,32). The third-order valence-corrected chi connectivity index (χ3v) is 7.65. The first-order chi connectivity index (χ1) is 17.0. The summed E-state index contributed by atoms with van der Waals surface area (Å²) in [4.78, 5) is 18.0. The number of rotatable bonds is 8. The highest BCUT2D eigenvalue weighted by atomic mass is 32.2. The van der Waals surface area contributed by atoms with Crippen LogP contribution in [0.3, 0.4) is 0 Å². The van der Waals surface area contributed by atoms with Gasteiger partial charge in [-0.05, 0) is 48.8 Å². The maximum Gasteiger partial charge on any atom is 0.237 e. The molecule has 1 aromatic heterocycles. The maximum atomic E-state index is 13.1. The number of hydrogen-bond donors (Lipinski definition) is 1. The Kier molecular flexibility index (Phi) is 7.94. The number of hydrogen-bond acceptors (Lipinski definition) is 6. The fourth-order valence-electron chi connectivity index (χ4n) is 4.38. The SMILES string of the molecule is CCC(Sc1nc2c(cc1C#N)CC(c1ccccc1)CC2)C(=O)Nc1cc(OC)cc(OC)c1. The van der Waals surface area contributed by atoms with Crippen molar-refractivity contribution in [2.75, 3.05) is 19.5 Å². The van der Waals surface area contributed by atoms with Crippen LogP contribution < -0.4 is 14.8 Å². The van der Waals surface area contributed by atoms with Crippen molar-refractivity contribution in [2.45, 2.75) is 48.8 Å². The van der Waals surface area contributed by atoms with Gasteiger partial charge >= 0.3 is 0 Å². The molecule has 2 unspecified atom stereocenters. The van der Waals surface area contributed by atoms with Gasteiger partial charge in [-0.25, -0.2) is 4.98 Å². The van der Waals surface area contributed by atoms with Gasteiger partial charge in [0.15, 0.2) is 0 Å². The summed E-state index contributed by atoms with van der Waals surface area (Å²) in [5.41, 5.74) is 4.61. The van der Waals surface area contributed by atoms with Gasteiger partial charge in [0.05, 0.1) is 25.0 Å². The van der Waals surface area contributed by atoms with E-state index in [-0.39, 0.29) is 5.91 Å². The van der Waals surface area contributed by atoms with Crippen molar-refractivity contribution in [1.29, 1.82) is 5.26 Å². The van der Waals surface area contributed by atoms with Gasteiger partial charge in [-0.15, -0.1) is 0 Å². The van der Waals surface area contributed by atoms with Crippen LogP contribution in [0.5, 0.6) is 11.5 Å². The van der Waals surface area contributed by atoms with Gasteiger partial charge in [0.25, 0.3) is 0 Å². The van der Waals surface area contributed by atoms with E-state index in [0.717, 1.165) is 30.5 Å². The Bertz CT molecular complexity index is 1220. The Hall–Kier alpha value is -3.50. The third kappa shape index (κ3) is 5.77. The number of nitrogens with zero attached hydrogens (tertiary/aromatic N) is 2. The smallest absolute Gasteiger partial charge is 0.237 e. The van der Waals surface area contributed by atoms with Crippen molar-refractivity contribution in [3.05, 3.63) is 77.0 Å². The van der Waals surface area contributed by atoms with Gasteiger partial charge in [-0.3, -0.25) is 4.79 Å². The molecular formula is C28H29N3O3S. The van der Waals surface area contributed by atoms with Crippen molar-refractivity contribution >= 4 is 23.4 Å². The highest BCUT2D eigenvalue weighted by Crippen LogP contribution is 2.36. The van der Waals surface area contributed by atoms with Crippen LogP contribution in [-0.4, -0.2) is 30.4 Å². The van der Waals surface area contributed by atoms with Crippen LogP contribution >= 0.6 is 11.8 Å². The number of pyridine rings is 1.